The Morgan fingerprint density at radius 2 is 1.77 bits per heavy atom. The van der Waals surface area contributed by atoms with E-state index < -0.39 is 0 Å². The molecule has 1 aliphatic heterocycles. The third-order valence-electron chi connectivity index (χ3n) is 6.13. The standard InChI is InChI=1S/C20H22N2O4/c1-11(23)12-3-2-4-15(10-12)21-16(24)7-8-22-19(25)17-13-5-6-14(9-13)18(17)20(22)26/h2-4,10,13-14,17-18H,5-9H2,1H3,(H,21,24)/t13-,14-,17+,18+/m0/s1. The van der Waals surface area contributed by atoms with Crippen molar-refractivity contribution in [3.63, 3.8) is 0 Å². The first-order chi connectivity index (χ1) is 12.5. The van der Waals surface area contributed by atoms with Crippen LogP contribution in [-0.4, -0.2) is 34.9 Å². The van der Waals surface area contributed by atoms with Crippen LogP contribution in [0.15, 0.2) is 24.3 Å². The van der Waals surface area contributed by atoms with Gasteiger partial charge in [0.25, 0.3) is 0 Å². The van der Waals surface area contributed by atoms with Crippen LogP contribution in [0.1, 0.15) is 43.0 Å². The molecule has 1 aromatic rings. The lowest BCUT2D eigenvalue weighted by Gasteiger charge is -2.19. The van der Waals surface area contributed by atoms with Gasteiger partial charge in [-0.15, -0.1) is 0 Å². The monoisotopic (exact) mass is 354 g/mol. The number of rotatable bonds is 5. The van der Waals surface area contributed by atoms with E-state index in [9.17, 15) is 19.2 Å². The van der Waals surface area contributed by atoms with Crippen LogP contribution in [0.25, 0.3) is 0 Å². The number of nitrogens with zero attached hydrogens (tertiary/aromatic N) is 1. The van der Waals surface area contributed by atoms with Gasteiger partial charge in [-0.05, 0) is 50.2 Å². The Morgan fingerprint density at radius 3 is 2.38 bits per heavy atom. The normalized spacial score (nSPS) is 29.2. The van der Waals surface area contributed by atoms with Crippen LogP contribution in [0, 0.1) is 23.7 Å². The van der Waals surface area contributed by atoms with Crippen LogP contribution in [0.3, 0.4) is 0 Å². The van der Waals surface area contributed by atoms with Gasteiger partial charge in [-0.3, -0.25) is 24.1 Å². The number of hydrogen-bond donors (Lipinski definition) is 1. The third-order valence-corrected chi connectivity index (χ3v) is 6.13. The van der Waals surface area contributed by atoms with Crippen molar-refractivity contribution in [3.05, 3.63) is 29.8 Å². The molecule has 6 nitrogen and oxygen atoms in total. The molecule has 0 spiro atoms. The van der Waals surface area contributed by atoms with Crippen molar-refractivity contribution in [1.82, 2.24) is 4.90 Å². The second-order valence-corrected chi connectivity index (χ2v) is 7.65. The van der Waals surface area contributed by atoms with Gasteiger partial charge in [0.1, 0.15) is 0 Å². The molecule has 2 bridgehead atoms. The average molecular weight is 354 g/mol. The molecule has 1 saturated heterocycles. The quantitative estimate of drug-likeness (QED) is 0.649. The van der Waals surface area contributed by atoms with Gasteiger partial charge in [0, 0.05) is 24.2 Å². The maximum Gasteiger partial charge on any atom is 0.233 e. The minimum atomic E-state index is -0.272. The Hall–Kier alpha value is -2.50. The third kappa shape index (κ3) is 2.73. The number of likely N-dealkylation sites (tertiary alicyclic amines) is 1. The van der Waals surface area contributed by atoms with Crippen LogP contribution >= 0.6 is 0 Å². The minimum absolute atomic E-state index is 0.0660. The van der Waals surface area contributed by atoms with Gasteiger partial charge in [-0.25, -0.2) is 0 Å². The highest BCUT2D eigenvalue weighted by Gasteiger charge is 2.60. The summed E-state index contributed by atoms with van der Waals surface area (Å²) in [5.41, 5.74) is 1.06. The highest BCUT2D eigenvalue weighted by atomic mass is 16.2. The van der Waals surface area contributed by atoms with Crippen molar-refractivity contribution in [3.8, 4) is 0 Å². The minimum Gasteiger partial charge on any atom is -0.326 e. The van der Waals surface area contributed by atoms with Gasteiger partial charge >= 0.3 is 0 Å². The fourth-order valence-electron chi connectivity index (χ4n) is 4.94. The first kappa shape index (κ1) is 16.9. The molecule has 1 heterocycles. The molecule has 6 heteroatoms. The predicted octanol–water partition coefficient (Wildman–Crippen LogP) is 2.25. The molecule has 3 fully saturated rings. The second-order valence-electron chi connectivity index (χ2n) is 7.65. The summed E-state index contributed by atoms with van der Waals surface area (Å²) >= 11 is 0. The van der Waals surface area contributed by atoms with Crippen molar-refractivity contribution >= 4 is 29.2 Å². The first-order valence-corrected chi connectivity index (χ1v) is 9.22. The Balaban J connectivity index is 1.36. The fourth-order valence-corrected chi connectivity index (χ4v) is 4.94. The van der Waals surface area contributed by atoms with E-state index in [1.807, 2.05) is 0 Å². The number of hydrogen-bond acceptors (Lipinski definition) is 4. The Kier molecular flexibility index (Phi) is 4.13. The van der Waals surface area contributed by atoms with E-state index in [0.717, 1.165) is 19.3 Å². The molecule has 0 unspecified atom stereocenters. The maximum atomic E-state index is 12.6. The molecule has 0 aromatic heterocycles. The second kappa shape index (κ2) is 6.34. The molecule has 3 amide bonds. The maximum absolute atomic E-state index is 12.6. The number of anilines is 1. The lowest BCUT2D eigenvalue weighted by Crippen LogP contribution is -2.35. The van der Waals surface area contributed by atoms with E-state index in [-0.39, 0.29) is 48.3 Å². The summed E-state index contributed by atoms with van der Waals surface area (Å²) in [6.45, 7) is 1.60. The van der Waals surface area contributed by atoms with Crippen LogP contribution < -0.4 is 5.32 Å². The predicted molar refractivity (Wildman–Crippen MR) is 94.2 cm³/mol. The molecule has 0 radical (unpaired) electrons. The van der Waals surface area contributed by atoms with Gasteiger partial charge in [-0.1, -0.05) is 12.1 Å². The van der Waals surface area contributed by atoms with Gasteiger partial charge in [0.05, 0.1) is 11.8 Å². The van der Waals surface area contributed by atoms with E-state index in [1.165, 1.54) is 11.8 Å². The van der Waals surface area contributed by atoms with Gasteiger partial charge < -0.3 is 5.32 Å². The topological polar surface area (TPSA) is 83.6 Å². The Bertz CT molecular complexity index is 775. The van der Waals surface area contributed by atoms with Crippen molar-refractivity contribution in [2.75, 3.05) is 11.9 Å². The largest absolute Gasteiger partial charge is 0.326 e. The van der Waals surface area contributed by atoms with E-state index >= 15 is 0 Å². The molecule has 26 heavy (non-hydrogen) atoms. The molecule has 4 atom stereocenters. The van der Waals surface area contributed by atoms with Gasteiger partial charge in [0.15, 0.2) is 5.78 Å². The summed E-state index contributed by atoms with van der Waals surface area (Å²) in [5.74, 6) is -0.0867. The molecule has 136 valence electrons. The molecule has 2 saturated carbocycles. The van der Waals surface area contributed by atoms with E-state index in [2.05, 4.69) is 5.32 Å². The van der Waals surface area contributed by atoms with Crippen molar-refractivity contribution in [2.24, 2.45) is 23.7 Å². The number of carbonyl (C=O) groups is 4. The van der Waals surface area contributed by atoms with Crippen LogP contribution in [0.2, 0.25) is 0 Å². The number of nitrogens with one attached hydrogen (secondary N) is 1. The molecular weight excluding hydrogens is 332 g/mol. The number of imide groups is 1. The Morgan fingerprint density at radius 1 is 1.12 bits per heavy atom. The molecule has 2 aliphatic carbocycles. The summed E-state index contributed by atoms with van der Waals surface area (Å²) in [6, 6.07) is 6.72. The SMILES string of the molecule is CC(=O)c1cccc(NC(=O)CCN2C(=O)[C@@H]3[C@H]4CC[C@@H](C4)[C@H]3C2=O)c1. The van der Waals surface area contributed by atoms with Crippen LogP contribution in [0.4, 0.5) is 5.69 Å². The summed E-state index contributed by atoms with van der Waals surface area (Å²) in [5, 5.41) is 2.73. The summed E-state index contributed by atoms with van der Waals surface area (Å²) in [6.07, 6.45) is 3.17. The number of amides is 3. The number of carbonyl (C=O) groups excluding carboxylic acids is 4. The lowest BCUT2D eigenvalue weighted by molar-refractivity contribution is -0.140. The highest BCUT2D eigenvalue weighted by Crippen LogP contribution is 2.56. The van der Waals surface area contributed by atoms with Crippen LogP contribution in [0.5, 0.6) is 0 Å². The molecular formula is C20H22N2O4. The van der Waals surface area contributed by atoms with Crippen molar-refractivity contribution in [1.29, 1.82) is 0 Å². The zero-order chi connectivity index (χ0) is 18.4. The van der Waals surface area contributed by atoms with Crippen molar-refractivity contribution < 1.29 is 19.2 Å². The van der Waals surface area contributed by atoms with E-state index in [0.29, 0.717) is 23.1 Å². The number of ketones is 1. The van der Waals surface area contributed by atoms with Gasteiger partial charge in [-0.2, -0.15) is 0 Å². The number of benzene rings is 1. The molecule has 4 rings (SSSR count). The van der Waals surface area contributed by atoms with Crippen molar-refractivity contribution in [2.45, 2.75) is 32.6 Å². The average Bonchev–Trinajstić information content (AvgIpc) is 3.28. The van der Waals surface area contributed by atoms with Gasteiger partial charge in [0.2, 0.25) is 17.7 Å². The zero-order valence-corrected chi connectivity index (χ0v) is 14.7. The smallest absolute Gasteiger partial charge is 0.233 e. The van der Waals surface area contributed by atoms with E-state index in [4.69, 9.17) is 0 Å². The van der Waals surface area contributed by atoms with Crippen LogP contribution in [-0.2, 0) is 14.4 Å². The van der Waals surface area contributed by atoms with E-state index in [1.54, 1.807) is 24.3 Å². The highest BCUT2D eigenvalue weighted by molar-refractivity contribution is 6.06. The Labute approximate surface area is 151 Å². The fraction of sp³-hybridized carbons (Fsp3) is 0.500. The summed E-state index contributed by atoms with van der Waals surface area (Å²) in [7, 11) is 0. The lowest BCUT2D eigenvalue weighted by atomic mass is 9.81. The summed E-state index contributed by atoms with van der Waals surface area (Å²) < 4.78 is 0. The number of fused-ring (bicyclic) bond motifs is 5. The molecule has 3 aliphatic rings. The zero-order valence-electron chi connectivity index (χ0n) is 14.7. The first-order valence-electron chi connectivity index (χ1n) is 9.22. The summed E-state index contributed by atoms with van der Waals surface area (Å²) in [4.78, 5) is 50.1. The molecule has 1 N–H and O–H groups in total. The number of Topliss-reactive ketones (excluding diaryl/α,β-unsaturated/α-hetero) is 1. The molecule has 1 aromatic carbocycles.